The Kier molecular flexibility index (Phi) is 4.89. The van der Waals surface area contributed by atoms with Crippen LogP contribution in [0.5, 0.6) is 0 Å². The average molecular weight is 328 g/mol. The molecule has 0 radical (unpaired) electrons. The van der Waals surface area contributed by atoms with Crippen LogP contribution in [0.15, 0.2) is 24.4 Å². The number of carbonyl (C=O) groups is 1. The first kappa shape index (κ1) is 16.6. The van der Waals surface area contributed by atoms with E-state index in [9.17, 15) is 4.79 Å². The minimum absolute atomic E-state index is 0.0354. The van der Waals surface area contributed by atoms with E-state index in [4.69, 9.17) is 0 Å². The Morgan fingerprint density at radius 2 is 2.12 bits per heavy atom. The van der Waals surface area contributed by atoms with E-state index in [0.717, 1.165) is 43.3 Å². The summed E-state index contributed by atoms with van der Waals surface area (Å²) in [5.74, 6) is 2.38. The molecular formula is C17H24N6O. The van der Waals surface area contributed by atoms with E-state index in [-0.39, 0.29) is 11.9 Å². The topological polar surface area (TPSA) is 75.9 Å². The molecule has 1 N–H and O–H groups in total. The fourth-order valence-electron chi connectivity index (χ4n) is 3.17. The fraction of sp³-hybridized carbons (Fsp3) is 0.529. The van der Waals surface area contributed by atoms with Crippen LogP contribution in [0.4, 0.5) is 0 Å². The van der Waals surface area contributed by atoms with E-state index in [1.165, 1.54) is 0 Å². The van der Waals surface area contributed by atoms with Gasteiger partial charge < -0.3 is 9.88 Å². The highest BCUT2D eigenvalue weighted by molar-refractivity contribution is 5.73. The van der Waals surface area contributed by atoms with Crippen molar-refractivity contribution in [1.82, 2.24) is 30.0 Å². The molecule has 0 aromatic carbocycles. The standard InChI is InChI=1S/C17H24N6O/c1-12(24)19-15-8-13(9-15)17-21-20-16(23(17)3)11-22(2)10-14-6-4-5-7-18-14/h4-7,13,15H,8-11H2,1-3H3,(H,19,24). The van der Waals surface area contributed by atoms with Crippen LogP contribution in [0.3, 0.4) is 0 Å². The van der Waals surface area contributed by atoms with Gasteiger partial charge >= 0.3 is 0 Å². The van der Waals surface area contributed by atoms with Gasteiger partial charge in [-0.15, -0.1) is 10.2 Å². The van der Waals surface area contributed by atoms with E-state index in [2.05, 4.69) is 37.0 Å². The number of pyridine rings is 1. The maximum absolute atomic E-state index is 11.1. The second-order valence-corrected chi connectivity index (χ2v) is 6.59. The van der Waals surface area contributed by atoms with Crippen molar-refractivity contribution in [3.05, 3.63) is 41.7 Å². The van der Waals surface area contributed by atoms with Crippen molar-refractivity contribution in [1.29, 1.82) is 0 Å². The zero-order chi connectivity index (χ0) is 17.1. The number of hydrogen-bond acceptors (Lipinski definition) is 5. The summed E-state index contributed by atoms with van der Waals surface area (Å²) in [5, 5.41) is 11.7. The summed E-state index contributed by atoms with van der Waals surface area (Å²) in [4.78, 5) is 17.6. The third-order valence-electron chi connectivity index (χ3n) is 4.48. The largest absolute Gasteiger partial charge is 0.354 e. The summed E-state index contributed by atoms with van der Waals surface area (Å²) in [6, 6.07) is 6.22. The van der Waals surface area contributed by atoms with Crippen LogP contribution in [0.2, 0.25) is 0 Å². The first-order valence-corrected chi connectivity index (χ1v) is 8.26. The van der Waals surface area contributed by atoms with Crippen LogP contribution in [0.25, 0.3) is 0 Å². The number of rotatable bonds is 6. The molecule has 128 valence electrons. The number of aromatic nitrogens is 4. The summed E-state index contributed by atoms with van der Waals surface area (Å²) in [7, 11) is 4.07. The van der Waals surface area contributed by atoms with Crippen molar-refractivity contribution in [3.63, 3.8) is 0 Å². The van der Waals surface area contributed by atoms with E-state index in [1.807, 2.05) is 31.4 Å². The maximum atomic E-state index is 11.1. The highest BCUT2D eigenvalue weighted by Crippen LogP contribution is 2.35. The maximum Gasteiger partial charge on any atom is 0.217 e. The number of amides is 1. The summed E-state index contributed by atoms with van der Waals surface area (Å²) in [6.45, 7) is 3.06. The van der Waals surface area contributed by atoms with Crippen molar-refractivity contribution >= 4 is 5.91 Å². The molecule has 1 fully saturated rings. The van der Waals surface area contributed by atoms with Crippen molar-refractivity contribution in [2.75, 3.05) is 7.05 Å². The molecular weight excluding hydrogens is 304 g/mol. The number of nitrogens with one attached hydrogen (secondary N) is 1. The Hall–Kier alpha value is -2.28. The molecule has 2 aromatic heterocycles. The van der Waals surface area contributed by atoms with Crippen LogP contribution in [0.1, 0.15) is 43.0 Å². The SMILES string of the molecule is CC(=O)NC1CC(c2nnc(CN(C)Cc3ccccn3)n2C)C1. The molecule has 0 atom stereocenters. The Balaban J connectivity index is 1.56. The van der Waals surface area contributed by atoms with Gasteiger partial charge in [0.15, 0.2) is 0 Å². The lowest BCUT2D eigenvalue weighted by atomic mass is 9.79. The molecule has 0 unspecified atom stereocenters. The molecule has 24 heavy (non-hydrogen) atoms. The molecule has 7 nitrogen and oxygen atoms in total. The zero-order valence-corrected chi connectivity index (χ0v) is 14.4. The van der Waals surface area contributed by atoms with Gasteiger partial charge in [0, 0.05) is 38.7 Å². The summed E-state index contributed by atoms with van der Waals surface area (Å²) < 4.78 is 2.09. The zero-order valence-electron chi connectivity index (χ0n) is 14.4. The van der Waals surface area contributed by atoms with Gasteiger partial charge in [0.25, 0.3) is 0 Å². The van der Waals surface area contributed by atoms with Gasteiger partial charge in [0.1, 0.15) is 11.6 Å². The molecule has 0 saturated heterocycles. The van der Waals surface area contributed by atoms with Crippen LogP contribution >= 0.6 is 0 Å². The Labute approximate surface area is 142 Å². The van der Waals surface area contributed by atoms with Gasteiger partial charge in [-0.25, -0.2) is 0 Å². The van der Waals surface area contributed by atoms with Gasteiger partial charge in [0.2, 0.25) is 5.91 Å². The van der Waals surface area contributed by atoms with Gasteiger partial charge in [0.05, 0.1) is 12.2 Å². The van der Waals surface area contributed by atoms with E-state index >= 15 is 0 Å². The number of carbonyl (C=O) groups excluding carboxylic acids is 1. The van der Waals surface area contributed by atoms with Crippen molar-refractivity contribution < 1.29 is 4.79 Å². The summed E-state index contributed by atoms with van der Waals surface area (Å²) >= 11 is 0. The molecule has 1 aliphatic rings. The number of hydrogen-bond donors (Lipinski definition) is 1. The second-order valence-electron chi connectivity index (χ2n) is 6.59. The Morgan fingerprint density at radius 1 is 1.33 bits per heavy atom. The summed E-state index contributed by atoms with van der Waals surface area (Å²) in [5.41, 5.74) is 1.04. The summed E-state index contributed by atoms with van der Waals surface area (Å²) in [6.07, 6.45) is 3.69. The van der Waals surface area contributed by atoms with Gasteiger partial charge in [-0.05, 0) is 32.0 Å². The predicted molar refractivity (Wildman–Crippen MR) is 90.0 cm³/mol. The van der Waals surface area contributed by atoms with Crippen LogP contribution in [0, 0.1) is 0 Å². The molecule has 2 heterocycles. The third kappa shape index (κ3) is 3.79. The van der Waals surface area contributed by atoms with Gasteiger partial charge in [-0.3, -0.25) is 14.7 Å². The highest BCUT2D eigenvalue weighted by Gasteiger charge is 2.34. The van der Waals surface area contributed by atoms with Crippen molar-refractivity contribution in [3.8, 4) is 0 Å². The molecule has 1 aliphatic carbocycles. The molecule has 3 rings (SSSR count). The van der Waals surface area contributed by atoms with Gasteiger partial charge in [-0.2, -0.15) is 0 Å². The quantitative estimate of drug-likeness (QED) is 0.863. The minimum atomic E-state index is 0.0354. The van der Waals surface area contributed by atoms with Crippen molar-refractivity contribution in [2.24, 2.45) is 7.05 Å². The Morgan fingerprint density at radius 3 is 2.79 bits per heavy atom. The lowest BCUT2D eigenvalue weighted by Gasteiger charge is -2.34. The molecule has 1 saturated carbocycles. The van der Waals surface area contributed by atoms with Crippen molar-refractivity contribution in [2.45, 2.75) is 44.8 Å². The average Bonchev–Trinajstić information content (AvgIpc) is 2.84. The normalized spacial score (nSPS) is 20.0. The lowest BCUT2D eigenvalue weighted by molar-refractivity contribution is -0.120. The van der Waals surface area contributed by atoms with Crippen LogP contribution in [-0.4, -0.2) is 43.6 Å². The second kappa shape index (κ2) is 7.09. The predicted octanol–water partition coefficient (Wildman–Crippen LogP) is 1.22. The smallest absolute Gasteiger partial charge is 0.217 e. The number of nitrogens with zero attached hydrogens (tertiary/aromatic N) is 5. The Bertz CT molecular complexity index is 692. The molecule has 0 aliphatic heterocycles. The molecule has 2 aromatic rings. The van der Waals surface area contributed by atoms with Crippen LogP contribution in [-0.2, 0) is 24.9 Å². The van der Waals surface area contributed by atoms with E-state index in [1.54, 1.807) is 6.92 Å². The molecule has 0 bridgehead atoms. The first-order valence-electron chi connectivity index (χ1n) is 8.26. The fourth-order valence-corrected chi connectivity index (χ4v) is 3.17. The van der Waals surface area contributed by atoms with Crippen LogP contribution < -0.4 is 5.32 Å². The third-order valence-corrected chi connectivity index (χ3v) is 4.48. The molecule has 0 spiro atoms. The molecule has 7 heteroatoms. The first-order chi connectivity index (χ1) is 11.5. The molecule has 1 amide bonds. The highest BCUT2D eigenvalue weighted by atomic mass is 16.1. The van der Waals surface area contributed by atoms with Gasteiger partial charge in [-0.1, -0.05) is 6.07 Å². The lowest BCUT2D eigenvalue weighted by Crippen LogP contribution is -2.43. The monoisotopic (exact) mass is 328 g/mol. The van der Waals surface area contributed by atoms with E-state index in [0.29, 0.717) is 5.92 Å². The minimum Gasteiger partial charge on any atom is -0.354 e. The van der Waals surface area contributed by atoms with E-state index < -0.39 is 0 Å².